The second-order valence-electron chi connectivity index (χ2n) is 8.50. The highest BCUT2D eigenvalue weighted by Crippen LogP contribution is 2.42. The van der Waals surface area contributed by atoms with Crippen LogP contribution < -0.4 is 10.2 Å². The van der Waals surface area contributed by atoms with Crippen LogP contribution in [0, 0.1) is 6.92 Å². The summed E-state index contributed by atoms with van der Waals surface area (Å²) < 4.78 is 5.62. The number of carbonyl (C=O) groups is 2. The van der Waals surface area contributed by atoms with Gasteiger partial charge in [0.15, 0.2) is 0 Å². The van der Waals surface area contributed by atoms with Gasteiger partial charge in [-0.1, -0.05) is 53.7 Å². The molecule has 0 radical (unpaired) electrons. The van der Waals surface area contributed by atoms with Gasteiger partial charge in [-0.15, -0.1) is 0 Å². The van der Waals surface area contributed by atoms with Crippen LogP contribution in [-0.4, -0.2) is 31.1 Å². The van der Waals surface area contributed by atoms with E-state index in [0.29, 0.717) is 24.2 Å². The van der Waals surface area contributed by atoms with E-state index < -0.39 is 0 Å². The number of anilines is 1. The summed E-state index contributed by atoms with van der Waals surface area (Å²) in [6.45, 7) is 3.74. The summed E-state index contributed by atoms with van der Waals surface area (Å²) in [7, 11) is 0. The highest BCUT2D eigenvalue weighted by atomic mass is 32.2. The predicted molar refractivity (Wildman–Crippen MR) is 130 cm³/mol. The van der Waals surface area contributed by atoms with Crippen LogP contribution in [0.1, 0.15) is 44.7 Å². The lowest BCUT2D eigenvalue weighted by molar-refractivity contribution is 0.0857. The van der Waals surface area contributed by atoms with Crippen LogP contribution in [0.15, 0.2) is 76.5 Å². The van der Waals surface area contributed by atoms with Gasteiger partial charge in [0, 0.05) is 28.5 Å². The van der Waals surface area contributed by atoms with Crippen LogP contribution in [-0.2, 0) is 11.3 Å². The molecule has 0 spiro atoms. The van der Waals surface area contributed by atoms with Gasteiger partial charge in [0.2, 0.25) is 0 Å². The highest BCUT2D eigenvalue weighted by molar-refractivity contribution is 7.99. The fourth-order valence-corrected chi connectivity index (χ4v) is 5.27. The minimum atomic E-state index is -0.150. The summed E-state index contributed by atoms with van der Waals surface area (Å²) in [5.74, 6) is -0.211. The fraction of sp³-hybridized carbons (Fsp3) is 0.259. The van der Waals surface area contributed by atoms with Crippen molar-refractivity contribution in [2.24, 2.45) is 0 Å². The molecule has 1 N–H and O–H groups in total. The molecule has 5 rings (SSSR count). The number of nitrogens with one attached hydrogen (secondary N) is 1. The molecule has 1 fully saturated rings. The molecule has 1 atom stereocenters. The van der Waals surface area contributed by atoms with Crippen LogP contribution in [0.4, 0.5) is 5.69 Å². The summed E-state index contributed by atoms with van der Waals surface area (Å²) in [5, 5.41) is 2.99. The Morgan fingerprint density at radius 3 is 2.70 bits per heavy atom. The lowest BCUT2D eigenvalue weighted by Gasteiger charge is -2.24. The average molecular weight is 459 g/mol. The number of ether oxygens (including phenoxy) is 1. The third-order valence-electron chi connectivity index (χ3n) is 6.07. The van der Waals surface area contributed by atoms with E-state index >= 15 is 0 Å². The number of rotatable bonds is 5. The molecule has 0 aliphatic carbocycles. The third kappa shape index (κ3) is 4.68. The van der Waals surface area contributed by atoms with Gasteiger partial charge in [-0.2, -0.15) is 0 Å². The number of hydrogen-bond acceptors (Lipinski definition) is 4. The molecule has 0 saturated carbocycles. The first kappa shape index (κ1) is 21.7. The zero-order valence-electron chi connectivity index (χ0n) is 18.5. The smallest absolute Gasteiger partial charge is 0.259 e. The summed E-state index contributed by atoms with van der Waals surface area (Å²) in [6.07, 6.45) is 2.09. The second-order valence-corrected chi connectivity index (χ2v) is 9.59. The standard InChI is InChI=1S/C27H26N2O3S/c1-18-8-10-19(11-9-18)17-29-23-15-20(26(30)28-16-21-5-4-14-32-21)12-13-25(23)33-24-7-3-2-6-22(24)27(29)31/h2-3,6-13,15,21H,4-5,14,16-17H2,1H3,(H,28,30)/t21-/m0/s1. The third-order valence-corrected chi connectivity index (χ3v) is 7.21. The van der Waals surface area contributed by atoms with Gasteiger partial charge in [0.25, 0.3) is 11.8 Å². The van der Waals surface area contributed by atoms with Crippen molar-refractivity contribution in [2.45, 2.75) is 42.2 Å². The van der Waals surface area contributed by atoms with E-state index in [0.717, 1.165) is 40.5 Å². The summed E-state index contributed by atoms with van der Waals surface area (Å²) in [4.78, 5) is 30.2. The molecule has 0 unspecified atom stereocenters. The van der Waals surface area contributed by atoms with E-state index in [2.05, 4.69) is 17.4 Å². The molecule has 0 aromatic heterocycles. The van der Waals surface area contributed by atoms with Crippen molar-refractivity contribution in [3.8, 4) is 0 Å². The van der Waals surface area contributed by atoms with Gasteiger partial charge < -0.3 is 15.0 Å². The summed E-state index contributed by atoms with van der Waals surface area (Å²) in [6, 6.07) is 21.5. The number of nitrogens with zero attached hydrogens (tertiary/aromatic N) is 1. The molecule has 2 aliphatic rings. The van der Waals surface area contributed by atoms with E-state index in [9.17, 15) is 9.59 Å². The lowest BCUT2D eigenvalue weighted by Crippen LogP contribution is -2.33. The number of fused-ring (bicyclic) bond motifs is 2. The average Bonchev–Trinajstić information content (AvgIpc) is 3.33. The van der Waals surface area contributed by atoms with E-state index in [1.54, 1.807) is 16.7 Å². The Kier molecular flexibility index (Phi) is 6.20. The van der Waals surface area contributed by atoms with Crippen molar-refractivity contribution in [3.63, 3.8) is 0 Å². The topological polar surface area (TPSA) is 58.6 Å². The molecule has 0 bridgehead atoms. The molecular weight excluding hydrogens is 432 g/mol. The Hall–Kier alpha value is -3.09. The minimum absolute atomic E-state index is 0.0608. The largest absolute Gasteiger partial charge is 0.376 e. The van der Waals surface area contributed by atoms with E-state index in [-0.39, 0.29) is 17.9 Å². The van der Waals surface area contributed by atoms with Crippen LogP contribution >= 0.6 is 11.8 Å². The van der Waals surface area contributed by atoms with Gasteiger partial charge >= 0.3 is 0 Å². The number of amides is 2. The van der Waals surface area contributed by atoms with E-state index in [1.807, 2.05) is 61.5 Å². The van der Waals surface area contributed by atoms with Gasteiger partial charge in [-0.3, -0.25) is 9.59 Å². The first-order valence-electron chi connectivity index (χ1n) is 11.3. The van der Waals surface area contributed by atoms with Crippen molar-refractivity contribution >= 4 is 29.3 Å². The monoisotopic (exact) mass is 458 g/mol. The Balaban J connectivity index is 1.49. The molecule has 5 nitrogen and oxygen atoms in total. The molecule has 3 aromatic carbocycles. The maximum Gasteiger partial charge on any atom is 0.259 e. The molecule has 1 saturated heterocycles. The maximum absolute atomic E-state index is 13.6. The molecule has 33 heavy (non-hydrogen) atoms. The first-order valence-corrected chi connectivity index (χ1v) is 12.1. The fourth-order valence-electron chi connectivity index (χ4n) is 4.21. The Morgan fingerprint density at radius 1 is 1.09 bits per heavy atom. The molecular formula is C27H26N2O3S. The maximum atomic E-state index is 13.6. The Morgan fingerprint density at radius 2 is 1.91 bits per heavy atom. The van der Waals surface area contributed by atoms with E-state index in [4.69, 9.17) is 4.74 Å². The van der Waals surface area contributed by atoms with Crippen molar-refractivity contribution in [2.75, 3.05) is 18.1 Å². The van der Waals surface area contributed by atoms with Gasteiger partial charge in [-0.25, -0.2) is 0 Å². The Labute approximate surface area is 198 Å². The Bertz CT molecular complexity index is 1190. The van der Waals surface area contributed by atoms with Crippen molar-refractivity contribution < 1.29 is 14.3 Å². The zero-order chi connectivity index (χ0) is 22.8. The number of carbonyl (C=O) groups excluding carboxylic acids is 2. The molecule has 2 aliphatic heterocycles. The van der Waals surface area contributed by atoms with Gasteiger partial charge in [0.05, 0.1) is 23.9 Å². The molecule has 168 valence electrons. The lowest BCUT2D eigenvalue weighted by atomic mass is 10.1. The van der Waals surface area contributed by atoms with Gasteiger partial charge in [0.1, 0.15) is 0 Å². The predicted octanol–water partition coefficient (Wildman–Crippen LogP) is 5.22. The van der Waals surface area contributed by atoms with Crippen LogP contribution in [0.3, 0.4) is 0 Å². The minimum Gasteiger partial charge on any atom is -0.376 e. The SMILES string of the molecule is Cc1ccc(CN2C(=O)c3ccccc3Sc3ccc(C(=O)NC[C@@H]4CCCO4)cc32)cc1. The van der Waals surface area contributed by atoms with E-state index in [1.165, 1.54) is 5.56 Å². The molecule has 2 amide bonds. The zero-order valence-corrected chi connectivity index (χ0v) is 19.4. The number of benzene rings is 3. The molecule has 3 aromatic rings. The van der Waals surface area contributed by atoms with Crippen LogP contribution in [0.5, 0.6) is 0 Å². The second kappa shape index (κ2) is 9.41. The van der Waals surface area contributed by atoms with Crippen molar-refractivity contribution in [3.05, 3.63) is 89.0 Å². The quantitative estimate of drug-likeness (QED) is 0.570. The normalized spacial score (nSPS) is 17.3. The van der Waals surface area contributed by atoms with Crippen molar-refractivity contribution in [1.29, 1.82) is 0 Å². The number of aryl methyl sites for hydroxylation is 1. The first-order chi connectivity index (χ1) is 16.1. The molecule has 2 heterocycles. The highest BCUT2D eigenvalue weighted by Gasteiger charge is 2.28. The van der Waals surface area contributed by atoms with Crippen LogP contribution in [0.2, 0.25) is 0 Å². The van der Waals surface area contributed by atoms with Crippen LogP contribution in [0.25, 0.3) is 0 Å². The summed E-state index contributed by atoms with van der Waals surface area (Å²) >= 11 is 1.56. The van der Waals surface area contributed by atoms with Gasteiger partial charge in [-0.05, 0) is 55.7 Å². The van der Waals surface area contributed by atoms with Crippen molar-refractivity contribution in [1.82, 2.24) is 5.32 Å². The number of hydrogen-bond donors (Lipinski definition) is 1. The summed E-state index contributed by atoms with van der Waals surface area (Å²) in [5.41, 5.74) is 4.19. The molecule has 6 heteroatoms.